The zero-order valence-corrected chi connectivity index (χ0v) is 11.2. The van der Waals surface area contributed by atoms with Crippen molar-refractivity contribution in [2.24, 2.45) is 0 Å². The van der Waals surface area contributed by atoms with Crippen molar-refractivity contribution in [3.63, 3.8) is 0 Å². The number of carbonyl (C=O) groups excluding carboxylic acids is 1. The number of benzene rings is 1. The molecule has 1 unspecified atom stereocenters. The summed E-state index contributed by atoms with van der Waals surface area (Å²) in [4.78, 5) is 31.1. The summed E-state index contributed by atoms with van der Waals surface area (Å²) in [7, 11) is 1.63. The zero-order valence-electron chi connectivity index (χ0n) is 11.2. The third-order valence-corrected chi connectivity index (χ3v) is 3.24. The maximum atomic E-state index is 12.3. The van der Waals surface area contributed by atoms with Crippen molar-refractivity contribution in [1.29, 1.82) is 0 Å². The lowest BCUT2D eigenvalue weighted by Gasteiger charge is -2.24. The van der Waals surface area contributed by atoms with Gasteiger partial charge in [0.25, 0.3) is 5.91 Å². The van der Waals surface area contributed by atoms with E-state index in [1.807, 2.05) is 37.3 Å². The molecule has 6 nitrogen and oxygen atoms in total. The molecule has 1 amide bonds. The number of rotatable bonds is 4. The molecule has 2 rings (SSSR count). The first-order valence-electron chi connectivity index (χ1n) is 6.11. The molecule has 0 spiro atoms. The maximum absolute atomic E-state index is 12.3. The lowest BCUT2D eigenvalue weighted by atomic mass is 10.1. The van der Waals surface area contributed by atoms with Crippen LogP contribution in [0.25, 0.3) is 0 Å². The minimum atomic E-state index is -1.20. The van der Waals surface area contributed by atoms with Crippen LogP contribution in [-0.2, 0) is 0 Å². The molecule has 0 saturated heterocycles. The smallest absolute Gasteiger partial charge is 0.354 e. The number of H-pyrrole nitrogens is 1. The molecule has 1 aromatic carbocycles. The van der Waals surface area contributed by atoms with E-state index in [0.717, 1.165) is 5.56 Å². The first-order chi connectivity index (χ1) is 9.52. The molecule has 0 radical (unpaired) electrons. The van der Waals surface area contributed by atoms with Gasteiger partial charge in [0, 0.05) is 7.05 Å². The average Bonchev–Trinajstić information content (AvgIpc) is 2.95. The Hall–Kier alpha value is -2.63. The van der Waals surface area contributed by atoms with Gasteiger partial charge >= 0.3 is 5.97 Å². The number of carboxylic acids is 1. The lowest BCUT2D eigenvalue weighted by Crippen LogP contribution is -2.31. The number of nitrogens with zero attached hydrogens (tertiary/aromatic N) is 2. The fourth-order valence-electron chi connectivity index (χ4n) is 1.92. The number of imidazole rings is 1. The number of aromatic nitrogens is 2. The summed E-state index contributed by atoms with van der Waals surface area (Å²) < 4.78 is 0. The molecule has 2 N–H and O–H groups in total. The van der Waals surface area contributed by atoms with Crippen LogP contribution in [0.4, 0.5) is 0 Å². The minimum absolute atomic E-state index is 0.0808. The Kier molecular flexibility index (Phi) is 3.84. The predicted molar refractivity (Wildman–Crippen MR) is 72.5 cm³/mol. The maximum Gasteiger partial charge on any atom is 0.354 e. The number of aromatic carboxylic acids is 1. The Morgan fingerprint density at radius 1 is 1.30 bits per heavy atom. The quantitative estimate of drug-likeness (QED) is 0.891. The van der Waals surface area contributed by atoms with E-state index >= 15 is 0 Å². The van der Waals surface area contributed by atoms with Crippen molar-refractivity contribution in [2.75, 3.05) is 7.05 Å². The van der Waals surface area contributed by atoms with Crippen molar-refractivity contribution in [2.45, 2.75) is 13.0 Å². The van der Waals surface area contributed by atoms with Crippen LogP contribution in [0.1, 0.15) is 39.5 Å². The Morgan fingerprint density at radius 2 is 1.95 bits per heavy atom. The van der Waals surface area contributed by atoms with E-state index in [0.29, 0.717) is 0 Å². The summed E-state index contributed by atoms with van der Waals surface area (Å²) in [5.74, 6) is -1.63. The van der Waals surface area contributed by atoms with E-state index in [1.54, 1.807) is 7.05 Å². The standard InChI is InChI=1S/C14H15N3O3/c1-9(10-6-4-3-5-7-10)17(2)13(18)11-12(14(19)20)16-8-15-11/h3-9H,1-2H3,(H,15,16)(H,19,20). The molecule has 0 aliphatic carbocycles. The van der Waals surface area contributed by atoms with Gasteiger partial charge < -0.3 is 15.0 Å². The lowest BCUT2D eigenvalue weighted by molar-refractivity contribution is 0.0665. The molecule has 20 heavy (non-hydrogen) atoms. The highest BCUT2D eigenvalue weighted by Crippen LogP contribution is 2.20. The summed E-state index contributed by atoms with van der Waals surface area (Å²) in [6.07, 6.45) is 1.21. The molecule has 6 heteroatoms. The number of amides is 1. The van der Waals surface area contributed by atoms with Crippen LogP contribution >= 0.6 is 0 Å². The van der Waals surface area contributed by atoms with E-state index < -0.39 is 11.9 Å². The number of aromatic amines is 1. The van der Waals surface area contributed by atoms with Crippen LogP contribution in [0.15, 0.2) is 36.7 Å². The Bertz CT molecular complexity index is 622. The molecule has 0 aliphatic rings. The zero-order chi connectivity index (χ0) is 14.7. The highest BCUT2D eigenvalue weighted by molar-refractivity contribution is 6.02. The first-order valence-corrected chi connectivity index (χ1v) is 6.11. The van der Waals surface area contributed by atoms with Crippen LogP contribution in [0.5, 0.6) is 0 Å². The summed E-state index contributed by atoms with van der Waals surface area (Å²) in [5.41, 5.74) is 0.695. The van der Waals surface area contributed by atoms with Crippen LogP contribution in [0.2, 0.25) is 0 Å². The van der Waals surface area contributed by atoms with Crippen molar-refractivity contribution in [3.05, 3.63) is 53.6 Å². The Morgan fingerprint density at radius 3 is 2.55 bits per heavy atom. The van der Waals surface area contributed by atoms with Gasteiger partial charge in [-0.1, -0.05) is 30.3 Å². The largest absolute Gasteiger partial charge is 0.477 e. The van der Waals surface area contributed by atoms with Gasteiger partial charge in [0.05, 0.1) is 12.4 Å². The topological polar surface area (TPSA) is 86.3 Å². The first kappa shape index (κ1) is 13.8. The van der Waals surface area contributed by atoms with Crippen molar-refractivity contribution in [1.82, 2.24) is 14.9 Å². The van der Waals surface area contributed by atoms with E-state index in [9.17, 15) is 9.59 Å². The van der Waals surface area contributed by atoms with Crippen LogP contribution in [-0.4, -0.2) is 38.9 Å². The van der Waals surface area contributed by atoms with Gasteiger partial charge in [-0.15, -0.1) is 0 Å². The molecule has 104 valence electrons. The van der Waals surface area contributed by atoms with E-state index in [-0.39, 0.29) is 17.4 Å². The second kappa shape index (κ2) is 5.56. The number of nitrogens with one attached hydrogen (secondary N) is 1. The molecule has 2 aromatic rings. The molecular formula is C14H15N3O3. The van der Waals surface area contributed by atoms with Gasteiger partial charge in [-0.3, -0.25) is 4.79 Å². The monoisotopic (exact) mass is 273 g/mol. The van der Waals surface area contributed by atoms with Gasteiger partial charge in [0.15, 0.2) is 11.4 Å². The third kappa shape index (κ3) is 2.54. The van der Waals surface area contributed by atoms with Crippen molar-refractivity contribution in [3.8, 4) is 0 Å². The summed E-state index contributed by atoms with van der Waals surface area (Å²) in [6, 6.07) is 9.33. The van der Waals surface area contributed by atoms with Crippen LogP contribution in [0.3, 0.4) is 0 Å². The molecule has 1 aromatic heterocycles. The van der Waals surface area contributed by atoms with Crippen LogP contribution < -0.4 is 0 Å². The molecule has 0 bridgehead atoms. The van der Waals surface area contributed by atoms with Gasteiger partial charge in [0.1, 0.15) is 0 Å². The highest BCUT2D eigenvalue weighted by Gasteiger charge is 2.25. The van der Waals surface area contributed by atoms with Gasteiger partial charge in [0.2, 0.25) is 0 Å². The second-order valence-corrected chi connectivity index (χ2v) is 4.43. The third-order valence-electron chi connectivity index (χ3n) is 3.24. The summed E-state index contributed by atoms with van der Waals surface area (Å²) >= 11 is 0. The summed E-state index contributed by atoms with van der Waals surface area (Å²) in [6.45, 7) is 1.88. The molecule has 1 heterocycles. The van der Waals surface area contributed by atoms with Gasteiger partial charge in [-0.25, -0.2) is 9.78 Å². The SMILES string of the molecule is CC(c1ccccc1)N(C)C(=O)c1nc[nH]c1C(=O)O. The fourth-order valence-corrected chi connectivity index (χ4v) is 1.92. The van der Waals surface area contributed by atoms with Crippen LogP contribution in [0, 0.1) is 0 Å². The molecular weight excluding hydrogens is 258 g/mol. The molecule has 0 fully saturated rings. The molecule has 0 aliphatic heterocycles. The Labute approximate surface area is 116 Å². The normalized spacial score (nSPS) is 11.9. The number of hydrogen-bond acceptors (Lipinski definition) is 3. The van der Waals surface area contributed by atoms with Gasteiger partial charge in [-0.05, 0) is 12.5 Å². The second-order valence-electron chi connectivity index (χ2n) is 4.43. The van der Waals surface area contributed by atoms with Crippen molar-refractivity contribution < 1.29 is 14.7 Å². The predicted octanol–water partition coefficient (Wildman–Crippen LogP) is 1.94. The number of carbonyl (C=O) groups is 2. The number of hydrogen-bond donors (Lipinski definition) is 2. The fraction of sp³-hybridized carbons (Fsp3) is 0.214. The van der Waals surface area contributed by atoms with E-state index in [4.69, 9.17) is 5.11 Å². The average molecular weight is 273 g/mol. The Balaban J connectivity index is 2.25. The summed E-state index contributed by atoms with van der Waals surface area (Å²) in [5, 5.41) is 9.00. The number of carboxylic acid groups (broad SMARTS) is 1. The van der Waals surface area contributed by atoms with Crippen molar-refractivity contribution >= 4 is 11.9 Å². The van der Waals surface area contributed by atoms with Gasteiger partial charge in [-0.2, -0.15) is 0 Å². The van der Waals surface area contributed by atoms with E-state index in [1.165, 1.54) is 11.2 Å². The molecule has 0 saturated carbocycles. The molecule has 1 atom stereocenters. The minimum Gasteiger partial charge on any atom is -0.477 e. The van der Waals surface area contributed by atoms with E-state index in [2.05, 4.69) is 9.97 Å². The highest BCUT2D eigenvalue weighted by atomic mass is 16.4.